The van der Waals surface area contributed by atoms with Gasteiger partial charge in [0.15, 0.2) is 0 Å². The van der Waals surface area contributed by atoms with Gasteiger partial charge in [0.2, 0.25) is 0 Å². The molecule has 2 nitrogen and oxygen atoms in total. The smallest absolute Gasteiger partial charge is 0.133 e. The number of nitriles is 1. The topological polar surface area (TPSA) is 33.0 Å². The number of benzene rings is 1. The number of hydrogen-bond acceptors (Lipinski definition) is 2. The van der Waals surface area contributed by atoms with E-state index in [1.807, 2.05) is 6.07 Å². The van der Waals surface area contributed by atoms with Gasteiger partial charge in [0.1, 0.15) is 5.75 Å². The maximum absolute atomic E-state index is 8.69. The van der Waals surface area contributed by atoms with Gasteiger partial charge < -0.3 is 4.74 Å². The van der Waals surface area contributed by atoms with E-state index < -0.39 is 0 Å². The summed E-state index contributed by atoms with van der Waals surface area (Å²) in [6, 6.07) is 7.45. The Kier molecular flexibility index (Phi) is 5.20. The van der Waals surface area contributed by atoms with Crippen LogP contribution in [-0.4, -0.2) is 6.61 Å². The molecule has 0 aromatic heterocycles. The fourth-order valence-electron chi connectivity index (χ4n) is 1.22. The van der Waals surface area contributed by atoms with Gasteiger partial charge >= 0.3 is 0 Å². The van der Waals surface area contributed by atoms with E-state index in [-0.39, 0.29) is 0 Å². The lowest BCUT2D eigenvalue weighted by atomic mass is 10.2. The van der Waals surface area contributed by atoms with E-state index in [4.69, 9.17) is 10.00 Å². The standard InChI is InChI=1S/C12H14BrNO/c1-2-3-4-7-15-12-6-5-10(9-14)8-11(12)13/h5-6,8H,2-4,7H2,1H3. The molecule has 0 aliphatic carbocycles. The maximum atomic E-state index is 8.69. The van der Waals surface area contributed by atoms with Crippen molar-refractivity contribution in [2.24, 2.45) is 0 Å². The molecule has 0 aliphatic rings. The van der Waals surface area contributed by atoms with Crippen molar-refractivity contribution in [2.45, 2.75) is 26.2 Å². The van der Waals surface area contributed by atoms with Crippen LogP contribution in [0.2, 0.25) is 0 Å². The van der Waals surface area contributed by atoms with E-state index in [9.17, 15) is 0 Å². The predicted octanol–water partition coefficient (Wildman–Crippen LogP) is 3.89. The molecule has 1 aromatic rings. The van der Waals surface area contributed by atoms with Crippen molar-refractivity contribution < 1.29 is 4.74 Å². The maximum Gasteiger partial charge on any atom is 0.133 e. The van der Waals surface area contributed by atoms with E-state index in [0.717, 1.165) is 23.2 Å². The van der Waals surface area contributed by atoms with Gasteiger partial charge in [0.25, 0.3) is 0 Å². The molecule has 1 aromatic carbocycles. The average Bonchev–Trinajstić information content (AvgIpc) is 2.26. The third-order valence-corrected chi connectivity index (χ3v) is 2.69. The van der Waals surface area contributed by atoms with Crippen LogP contribution in [0.25, 0.3) is 0 Å². The zero-order valence-electron chi connectivity index (χ0n) is 8.79. The molecule has 3 heteroatoms. The van der Waals surface area contributed by atoms with Gasteiger partial charge in [-0.3, -0.25) is 0 Å². The molecule has 0 saturated carbocycles. The van der Waals surface area contributed by atoms with Crippen LogP contribution in [0.4, 0.5) is 0 Å². The monoisotopic (exact) mass is 267 g/mol. The number of hydrogen-bond donors (Lipinski definition) is 0. The van der Waals surface area contributed by atoms with Gasteiger partial charge in [0.05, 0.1) is 22.7 Å². The Morgan fingerprint density at radius 1 is 1.40 bits per heavy atom. The van der Waals surface area contributed by atoms with Gasteiger partial charge in [-0.25, -0.2) is 0 Å². The lowest BCUT2D eigenvalue weighted by molar-refractivity contribution is 0.304. The Labute approximate surface area is 99.0 Å². The summed E-state index contributed by atoms with van der Waals surface area (Å²) in [5.74, 6) is 0.810. The number of nitrogens with zero attached hydrogens (tertiary/aromatic N) is 1. The SMILES string of the molecule is CCCCCOc1ccc(C#N)cc1Br. The van der Waals surface area contributed by atoms with Gasteiger partial charge in [-0.2, -0.15) is 5.26 Å². The highest BCUT2D eigenvalue weighted by Gasteiger charge is 2.01. The molecule has 0 spiro atoms. The second-order valence-electron chi connectivity index (χ2n) is 3.31. The van der Waals surface area contributed by atoms with Crippen molar-refractivity contribution in [1.82, 2.24) is 0 Å². The van der Waals surface area contributed by atoms with Crippen LogP contribution < -0.4 is 4.74 Å². The molecule has 0 bridgehead atoms. The second kappa shape index (κ2) is 6.47. The molecule has 15 heavy (non-hydrogen) atoms. The number of ether oxygens (including phenoxy) is 1. The summed E-state index contributed by atoms with van der Waals surface area (Å²) in [4.78, 5) is 0. The first kappa shape index (κ1) is 12.1. The minimum atomic E-state index is 0.641. The molecule has 0 saturated heterocycles. The zero-order chi connectivity index (χ0) is 11.1. The highest BCUT2D eigenvalue weighted by atomic mass is 79.9. The van der Waals surface area contributed by atoms with Crippen LogP contribution in [0.15, 0.2) is 22.7 Å². The first-order valence-electron chi connectivity index (χ1n) is 5.10. The molecule has 1 rings (SSSR count). The lowest BCUT2D eigenvalue weighted by Crippen LogP contribution is -1.97. The van der Waals surface area contributed by atoms with Crippen molar-refractivity contribution in [1.29, 1.82) is 5.26 Å². The Morgan fingerprint density at radius 2 is 2.20 bits per heavy atom. The van der Waals surface area contributed by atoms with Crippen LogP contribution in [0.3, 0.4) is 0 Å². The molecular weight excluding hydrogens is 254 g/mol. The lowest BCUT2D eigenvalue weighted by Gasteiger charge is -2.07. The molecule has 80 valence electrons. The Morgan fingerprint density at radius 3 is 2.80 bits per heavy atom. The summed E-state index contributed by atoms with van der Waals surface area (Å²) in [6.45, 7) is 2.90. The highest BCUT2D eigenvalue weighted by Crippen LogP contribution is 2.25. The largest absolute Gasteiger partial charge is 0.492 e. The summed E-state index contributed by atoms with van der Waals surface area (Å²) in [6.07, 6.45) is 3.45. The molecule has 0 fully saturated rings. The Bertz CT molecular complexity index is 357. The van der Waals surface area contributed by atoms with E-state index >= 15 is 0 Å². The summed E-state index contributed by atoms with van der Waals surface area (Å²) in [5, 5.41) is 8.69. The van der Waals surface area contributed by atoms with Crippen molar-refractivity contribution in [3.8, 4) is 11.8 Å². The van der Waals surface area contributed by atoms with Crippen LogP contribution in [0.1, 0.15) is 31.7 Å². The minimum Gasteiger partial charge on any atom is -0.492 e. The Hall–Kier alpha value is -1.01. The third-order valence-electron chi connectivity index (χ3n) is 2.07. The third kappa shape index (κ3) is 3.93. The minimum absolute atomic E-state index is 0.641. The van der Waals surface area contributed by atoms with Crippen LogP contribution in [0.5, 0.6) is 5.75 Å². The predicted molar refractivity (Wildman–Crippen MR) is 63.9 cm³/mol. The quantitative estimate of drug-likeness (QED) is 0.759. The summed E-state index contributed by atoms with van der Waals surface area (Å²) in [7, 11) is 0. The van der Waals surface area contributed by atoms with Gasteiger partial charge in [-0.1, -0.05) is 19.8 Å². The average molecular weight is 268 g/mol. The summed E-state index contributed by atoms with van der Waals surface area (Å²) >= 11 is 3.38. The second-order valence-corrected chi connectivity index (χ2v) is 4.17. The van der Waals surface area contributed by atoms with Crippen molar-refractivity contribution >= 4 is 15.9 Å². The van der Waals surface area contributed by atoms with Gasteiger partial charge in [-0.15, -0.1) is 0 Å². The van der Waals surface area contributed by atoms with E-state index in [0.29, 0.717) is 5.56 Å². The van der Waals surface area contributed by atoms with Gasteiger partial charge in [0, 0.05) is 0 Å². The first-order chi connectivity index (χ1) is 7.27. The number of unbranched alkanes of at least 4 members (excludes halogenated alkanes) is 2. The van der Waals surface area contributed by atoms with Gasteiger partial charge in [-0.05, 0) is 40.5 Å². The molecule has 0 amide bonds. The number of rotatable bonds is 5. The van der Waals surface area contributed by atoms with Crippen molar-refractivity contribution in [3.63, 3.8) is 0 Å². The van der Waals surface area contributed by atoms with Crippen molar-refractivity contribution in [3.05, 3.63) is 28.2 Å². The Balaban J connectivity index is 2.52. The first-order valence-corrected chi connectivity index (χ1v) is 5.89. The highest BCUT2D eigenvalue weighted by molar-refractivity contribution is 9.10. The molecule has 0 unspecified atom stereocenters. The van der Waals surface area contributed by atoms with Crippen LogP contribution in [0, 0.1) is 11.3 Å². The fourth-order valence-corrected chi connectivity index (χ4v) is 1.71. The number of halogens is 1. The van der Waals surface area contributed by atoms with Crippen LogP contribution >= 0.6 is 15.9 Å². The van der Waals surface area contributed by atoms with E-state index in [1.54, 1.807) is 12.1 Å². The zero-order valence-corrected chi connectivity index (χ0v) is 10.4. The molecule has 0 radical (unpaired) electrons. The summed E-state index contributed by atoms with van der Waals surface area (Å²) in [5.41, 5.74) is 0.641. The molecule has 0 atom stereocenters. The van der Waals surface area contributed by atoms with E-state index in [2.05, 4.69) is 28.9 Å². The molecule has 0 aliphatic heterocycles. The van der Waals surface area contributed by atoms with Crippen molar-refractivity contribution in [2.75, 3.05) is 6.61 Å². The molecular formula is C12H14BrNO. The molecule has 0 N–H and O–H groups in total. The van der Waals surface area contributed by atoms with E-state index in [1.165, 1.54) is 12.8 Å². The normalized spacial score (nSPS) is 9.67. The molecule has 0 heterocycles. The fraction of sp³-hybridized carbons (Fsp3) is 0.417. The van der Waals surface area contributed by atoms with Crippen LogP contribution in [-0.2, 0) is 0 Å². The summed E-state index contributed by atoms with van der Waals surface area (Å²) < 4.78 is 6.43.